The van der Waals surface area contributed by atoms with Crippen molar-refractivity contribution in [1.82, 2.24) is 8.87 Å². The quantitative estimate of drug-likeness (QED) is 0.903. The van der Waals surface area contributed by atoms with E-state index in [2.05, 4.69) is 9.88 Å². The first-order valence-electron chi connectivity index (χ1n) is 7.97. The number of benzene rings is 1. The van der Waals surface area contributed by atoms with Gasteiger partial charge in [-0.1, -0.05) is 0 Å². The Hall–Kier alpha value is -2.32. The van der Waals surface area contributed by atoms with Gasteiger partial charge in [-0.2, -0.15) is 4.31 Å². The van der Waals surface area contributed by atoms with Gasteiger partial charge >= 0.3 is 0 Å². The summed E-state index contributed by atoms with van der Waals surface area (Å²) in [7, 11) is -2.24. The molecule has 25 heavy (non-hydrogen) atoms. The lowest BCUT2D eigenvalue weighted by molar-refractivity contribution is -0.114. The monoisotopic (exact) mass is 363 g/mol. The van der Waals surface area contributed by atoms with E-state index in [0.717, 1.165) is 5.69 Å². The number of aromatic nitrogens is 1. The molecule has 3 rings (SSSR count). The molecule has 1 atom stereocenters. The highest BCUT2D eigenvalue weighted by Crippen LogP contribution is 2.34. The van der Waals surface area contributed by atoms with Crippen molar-refractivity contribution in [3.8, 4) is 5.75 Å². The van der Waals surface area contributed by atoms with Crippen molar-refractivity contribution in [2.45, 2.75) is 31.3 Å². The standard InChI is InChI=1S/C17H21N3O4S/c1-12-16-5-4-8-19(16)9-10-20(12)25(22,23)14-6-7-15(18-13(2)21)17(11-14)24-3/h4-8,11-12H,9-10H2,1-3H3,(H,18,21)/t12-/m0/s1. The van der Waals surface area contributed by atoms with Crippen LogP contribution in [0.3, 0.4) is 0 Å². The average Bonchev–Trinajstić information content (AvgIpc) is 3.04. The number of carbonyl (C=O) groups is 1. The minimum Gasteiger partial charge on any atom is -0.495 e. The fourth-order valence-electron chi connectivity index (χ4n) is 3.15. The molecule has 1 amide bonds. The maximum atomic E-state index is 13.1. The van der Waals surface area contributed by atoms with Gasteiger partial charge in [0, 0.05) is 38.0 Å². The zero-order valence-electron chi connectivity index (χ0n) is 14.4. The molecule has 134 valence electrons. The number of sulfonamides is 1. The van der Waals surface area contributed by atoms with Gasteiger partial charge in [-0.15, -0.1) is 0 Å². The summed E-state index contributed by atoms with van der Waals surface area (Å²) in [4.78, 5) is 11.4. The van der Waals surface area contributed by atoms with E-state index in [1.165, 1.54) is 30.5 Å². The number of hydrogen-bond acceptors (Lipinski definition) is 4. The topological polar surface area (TPSA) is 80.6 Å². The fourth-order valence-corrected chi connectivity index (χ4v) is 4.76. The van der Waals surface area contributed by atoms with Crippen molar-refractivity contribution in [2.24, 2.45) is 0 Å². The van der Waals surface area contributed by atoms with E-state index < -0.39 is 10.0 Å². The molecule has 2 aromatic rings. The molecule has 1 aromatic carbocycles. The number of amides is 1. The lowest BCUT2D eigenvalue weighted by Crippen LogP contribution is -2.40. The molecule has 0 aliphatic carbocycles. The molecule has 0 saturated heterocycles. The zero-order chi connectivity index (χ0) is 18.2. The molecule has 0 radical (unpaired) electrons. The Kier molecular flexibility index (Phi) is 4.57. The van der Waals surface area contributed by atoms with Crippen molar-refractivity contribution in [2.75, 3.05) is 19.0 Å². The van der Waals surface area contributed by atoms with Gasteiger partial charge in [0.05, 0.1) is 23.7 Å². The van der Waals surface area contributed by atoms with Gasteiger partial charge in [-0.3, -0.25) is 4.79 Å². The summed E-state index contributed by atoms with van der Waals surface area (Å²) >= 11 is 0. The van der Waals surface area contributed by atoms with Gasteiger partial charge in [0.1, 0.15) is 5.75 Å². The Morgan fingerprint density at radius 1 is 1.28 bits per heavy atom. The molecular weight excluding hydrogens is 342 g/mol. The summed E-state index contributed by atoms with van der Waals surface area (Å²) in [5.74, 6) is 0.0589. The first-order chi connectivity index (χ1) is 11.8. The minimum atomic E-state index is -3.68. The lowest BCUT2D eigenvalue weighted by atomic mass is 10.2. The second-order valence-corrected chi connectivity index (χ2v) is 7.85. The molecule has 1 aliphatic rings. The fraction of sp³-hybridized carbons (Fsp3) is 0.353. The number of hydrogen-bond donors (Lipinski definition) is 1. The summed E-state index contributed by atoms with van der Waals surface area (Å²) in [6.07, 6.45) is 1.96. The van der Waals surface area contributed by atoms with Crippen LogP contribution in [0.25, 0.3) is 0 Å². The van der Waals surface area contributed by atoms with E-state index in [9.17, 15) is 13.2 Å². The van der Waals surface area contributed by atoms with Gasteiger partial charge < -0.3 is 14.6 Å². The minimum absolute atomic E-state index is 0.144. The first-order valence-corrected chi connectivity index (χ1v) is 9.41. The predicted octanol–water partition coefficient (Wildman–Crippen LogP) is 2.22. The van der Waals surface area contributed by atoms with Crippen molar-refractivity contribution < 1.29 is 17.9 Å². The van der Waals surface area contributed by atoms with E-state index in [0.29, 0.717) is 24.5 Å². The summed E-state index contributed by atoms with van der Waals surface area (Å²) < 4.78 is 35.0. The SMILES string of the molecule is COc1cc(S(=O)(=O)N2CCn3cccc3[C@@H]2C)ccc1NC(C)=O. The number of ether oxygens (including phenoxy) is 1. The molecule has 1 aliphatic heterocycles. The average molecular weight is 363 g/mol. The van der Waals surface area contributed by atoms with Crippen LogP contribution in [0.2, 0.25) is 0 Å². The largest absolute Gasteiger partial charge is 0.495 e. The highest BCUT2D eigenvalue weighted by molar-refractivity contribution is 7.89. The van der Waals surface area contributed by atoms with E-state index in [-0.39, 0.29) is 16.8 Å². The van der Waals surface area contributed by atoms with Crippen molar-refractivity contribution in [3.63, 3.8) is 0 Å². The molecule has 0 unspecified atom stereocenters. The van der Waals surface area contributed by atoms with Gasteiger partial charge in [0.2, 0.25) is 15.9 Å². The Balaban J connectivity index is 1.96. The number of fused-ring (bicyclic) bond motifs is 1. The number of nitrogens with zero attached hydrogens (tertiary/aromatic N) is 2. The Labute approximate surface area is 147 Å². The zero-order valence-corrected chi connectivity index (χ0v) is 15.2. The second-order valence-electron chi connectivity index (χ2n) is 5.96. The Morgan fingerprint density at radius 2 is 2.04 bits per heavy atom. The van der Waals surface area contributed by atoms with Crippen LogP contribution in [0.4, 0.5) is 5.69 Å². The number of anilines is 1. The van der Waals surface area contributed by atoms with Crippen LogP contribution in [0.15, 0.2) is 41.4 Å². The van der Waals surface area contributed by atoms with E-state index >= 15 is 0 Å². The maximum absolute atomic E-state index is 13.1. The van der Waals surface area contributed by atoms with Crippen LogP contribution >= 0.6 is 0 Å². The molecule has 1 N–H and O–H groups in total. The number of nitrogens with one attached hydrogen (secondary N) is 1. The highest BCUT2D eigenvalue weighted by Gasteiger charge is 2.34. The van der Waals surface area contributed by atoms with E-state index in [1.54, 1.807) is 6.07 Å². The molecule has 2 heterocycles. The first kappa shape index (κ1) is 17.5. The van der Waals surface area contributed by atoms with Crippen LogP contribution in [-0.2, 0) is 21.4 Å². The normalized spacial score (nSPS) is 17.8. The van der Waals surface area contributed by atoms with Crippen molar-refractivity contribution in [3.05, 3.63) is 42.2 Å². The van der Waals surface area contributed by atoms with Crippen LogP contribution in [0, 0.1) is 0 Å². The van der Waals surface area contributed by atoms with Crippen molar-refractivity contribution in [1.29, 1.82) is 0 Å². The second kappa shape index (κ2) is 6.53. The van der Waals surface area contributed by atoms with E-state index in [1.807, 2.05) is 25.3 Å². The molecule has 0 saturated carbocycles. The molecule has 0 spiro atoms. The molecule has 7 nitrogen and oxygen atoms in total. The maximum Gasteiger partial charge on any atom is 0.243 e. The highest BCUT2D eigenvalue weighted by atomic mass is 32.2. The number of methoxy groups -OCH3 is 1. The van der Waals surface area contributed by atoms with Crippen LogP contribution in [-0.4, -0.2) is 36.9 Å². The van der Waals surface area contributed by atoms with Gasteiger partial charge in [0.15, 0.2) is 0 Å². The predicted molar refractivity (Wildman–Crippen MR) is 94.0 cm³/mol. The van der Waals surface area contributed by atoms with Crippen LogP contribution in [0.5, 0.6) is 5.75 Å². The number of carbonyl (C=O) groups excluding carboxylic acids is 1. The van der Waals surface area contributed by atoms with Crippen LogP contribution in [0.1, 0.15) is 25.6 Å². The Morgan fingerprint density at radius 3 is 2.72 bits per heavy atom. The van der Waals surface area contributed by atoms with Gasteiger partial charge in [-0.25, -0.2) is 8.42 Å². The summed E-state index contributed by atoms with van der Waals surface area (Å²) in [6, 6.07) is 8.09. The summed E-state index contributed by atoms with van der Waals surface area (Å²) in [5.41, 5.74) is 1.41. The molecule has 1 aromatic heterocycles. The van der Waals surface area contributed by atoms with Gasteiger partial charge in [0.25, 0.3) is 0 Å². The van der Waals surface area contributed by atoms with Gasteiger partial charge in [-0.05, 0) is 31.2 Å². The molecule has 8 heteroatoms. The third-order valence-electron chi connectivity index (χ3n) is 4.38. The molecule has 0 bridgehead atoms. The summed E-state index contributed by atoms with van der Waals surface area (Å²) in [6.45, 7) is 4.29. The Bertz CT molecular complexity index is 904. The third-order valence-corrected chi connectivity index (χ3v) is 6.34. The van der Waals surface area contributed by atoms with E-state index in [4.69, 9.17) is 4.74 Å². The van der Waals surface area contributed by atoms with Crippen LogP contribution < -0.4 is 10.1 Å². The smallest absolute Gasteiger partial charge is 0.243 e. The number of rotatable bonds is 4. The lowest BCUT2D eigenvalue weighted by Gasteiger charge is -2.34. The molecular formula is C17H21N3O4S. The molecule has 0 fully saturated rings. The summed E-state index contributed by atoms with van der Waals surface area (Å²) in [5, 5.41) is 2.63. The third kappa shape index (κ3) is 3.14. The van der Waals surface area contributed by atoms with Crippen molar-refractivity contribution >= 4 is 21.6 Å².